The van der Waals surface area contributed by atoms with E-state index in [9.17, 15) is 19.5 Å². The molecule has 2 aliphatic carbocycles. The van der Waals surface area contributed by atoms with Crippen LogP contribution in [0.4, 0.5) is 4.79 Å². The topological polar surface area (TPSA) is 105 Å². The number of alkyl carbamates (subject to hydrolysis) is 1. The highest BCUT2D eigenvalue weighted by Gasteiger charge is 2.37. The van der Waals surface area contributed by atoms with E-state index in [2.05, 4.69) is 34.9 Å². The zero-order chi connectivity index (χ0) is 23.6. The Kier molecular flexibility index (Phi) is 6.40. The molecule has 0 bridgehead atoms. The molecule has 0 saturated heterocycles. The summed E-state index contributed by atoms with van der Waals surface area (Å²) in [5, 5.41) is 14.9. The van der Waals surface area contributed by atoms with E-state index < -0.39 is 23.4 Å². The Morgan fingerprint density at radius 2 is 1.61 bits per heavy atom. The average Bonchev–Trinajstić information content (AvgIpc) is 3.39. The summed E-state index contributed by atoms with van der Waals surface area (Å²) in [7, 11) is 0. The number of carboxylic acids is 1. The van der Waals surface area contributed by atoms with Gasteiger partial charge < -0.3 is 20.5 Å². The lowest BCUT2D eigenvalue weighted by Crippen LogP contribution is -2.50. The van der Waals surface area contributed by atoms with Gasteiger partial charge in [-0.1, -0.05) is 55.0 Å². The number of fused-ring (bicyclic) bond motifs is 3. The minimum Gasteiger partial charge on any atom is -0.481 e. The second kappa shape index (κ2) is 9.25. The van der Waals surface area contributed by atoms with Crippen molar-refractivity contribution < 1.29 is 24.2 Å². The standard InChI is InChI=1S/C26H30N2O5/c1-26(2,24(31)28-22-13-7-12-20(22)23(29)30)15-27-25(32)33-14-21-18-10-5-3-8-16(18)17-9-4-6-11-19(17)21/h3-6,8-11,20-22H,7,12-15H2,1-2H3,(H,27,32)(H,28,31)(H,29,30)/t20-,22+/m1/s1. The summed E-state index contributed by atoms with van der Waals surface area (Å²) < 4.78 is 5.54. The lowest BCUT2D eigenvalue weighted by atomic mass is 9.91. The second-order valence-corrected chi connectivity index (χ2v) is 9.52. The molecule has 33 heavy (non-hydrogen) atoms. The summed E-state index contributed by atoms with van der Waals surface area (Å²) in [4.78, 5) is 36.6. The Hall–Kier alpha value is -3.35. The van der Waals surface area contributed by atoms with Crippen LogP contribution in [0.25, 0.3) is 11.1 Å². The van der Waals surface area contributed by atoms with Crippen molar-refractivity contribution in [3.8, 4) is 11.1 Å². The maximum absolute atomic E-state index is 12.7. The van der Waals surface area contributed by atoms with Crippen LogP contribution in [0.1, 0.15) is 50.2 Å². The van der Waals surface area contributed by atoms with Crippen molar-refractivity contribution in [2.75, 3.05) is 13.2 Å². The molecule has 7 heteroatoms. The molecule has 2 atom stereocenters. The Bertz CT molecular complexity index is 1020. The number of benzene rings is 2. The van der Waals surface area contributed by atoms with Gasteiger partial charge in [0.05, 0.1) is 11.3 Å². The minimum atomic E-state index is -0.906. The monoisotopic (exact) mass is 450 g/mol. The van der Waals surface area contributed by atoms with Gasteiger partial charge in [0.1, 0.15) is 6.61 Å². The Morgan fingerprint density at radius 1 is 1.00 bits per heavy atom. The fourth-order valence-electron chi connectivity index (χ4n) is 4.82. The number of ether oxygens (including phenoxy) is 1. The first kappa shape index (κ1) is 22.8. The number of carboxylic acid groups (broad SMARTS) is 1. The molecule has 1 saturated carbocycles. The number of hydrogen-bond acceptors (Lipinski definition) is 4. The summed E-state index contributed by atoms with van der Waals surface area (Å²) in [5.74, 6) is -1.75. The van der Waals surface area contributed by atoms with E-state index in [1.54, 1.807) is 13.8 Å². The SMILES string of the molecule is CC(C)(CNC(=O)OCC1c2ccccc2-c2ccccc21)C(=O)N[C@H]1CCC[C@H]1C(=O)O. The fraction of sp³-hybridized carbons (Fsp3) is 0.423. The molecule has 174 valence electrons. The molecule has 0 aromatic heterocycles. The molecule has 0 aliphatic heterocycles. The third-order valence-electron chi connectivity index (χ3n) is 6.78. The third-order valence-corrected chi connectivity index (χ3v) is 6.78. The van der Waals surface area contributed by atoms with Crippen LogP contribution in [0.3, 0.4) is 0 Å². The highest BCUT2D eigenvalue weighted by molar-refractivity contribution is 5.84. The van der Waals surface area contributed by atoms with Crippen molar-refractivity contribution in [1.82, 2.24) is 10.6 Å². The maximum Gasteiger partial charge on any atom is 0.407 e. The molecule has 0 heterocycles. The lowest BCUT2D eigenvalue weighted by Gasteiger charge is -2.27. The van der Waals surface area contributed by atoms with Gasteiger partial charge in [0.15, 0.2) is 0 Å². The predicted molar refractivity (Wildman–Crippen MR) is 124 cm³/mol. The van der Waals surface area contributed by atoms with Gasteiger partial charge in [0.2, 0.25) is 5.91 Å². The number of amides is 2. The Morgan fingerprint density at radius 3 is 2.21 bits per heavy atom. The molecule has 2 aromatic rings. The van der Waals surface area contributed by atoms with Gasteiger partial charge in [-0.05, 0) is 48.9 Å². The third kappa shape index (κ3) is 4.72. The van der Waals surface area contributed by atoms with Crippen molar-refractivity contribution in [2.45, 2.75) is 45.1 Å². The molecule has 0 radical (unpaired) electrons. The summed E-state index contributed by atoms with van der Waals surface area (Å²) in [5.41, 5.74) is 3.68. The van der Waals surface area contributed by atoms with Crippen LogP contribution in [0.5, 0.6) is 0 Å². The van der Waals surface area contributed by atoms with E-state index in [1.807, 2.05) is 24.3 Å². The highest BCUT2D eigenvalue weighted by atomic mass is 16.5. The van der Waals surface area contributed by atoms with E-state index in [1.165, 1.54) is 0 Å². The van der Waals surface area contributed by atoms with Crippen molar-refractivity contribution in [3.05, 3.63) is 59.7 Å². The lowest BCUT2D eigenvalue weighted by molar-refractivity contribution is -0.142. The molecule has 0 spiro atoms. The molecule has 2 aliphatic rings. The van der Waals surface area contributed by atoms with Gasteiger partial charge in [0.25, 0.3) is 0 Å². The molecule has 3 N–H and O–H groups in total. The number of carbonyl (C=O) groups is 3. The van der Waals surface area contributed by atoms with Gasteiger partial charge in [-0.3, -0.25) is 9.59 Å². The van der Waals surface area contributed by atoms with Gasteiger partial charge in [-0.15, -0.1) is 0 Å². The van der Waals surface area contributed by atoms with E-state index in [-0.39, 0.29) is 31.0 Å². The van der Waals surface area contributed by atoms with Gasteiger partial charge in [-0.25, -0.2) is 4.79 Å². The zero-order valence-corrected chi connectivity index (χ0v) is 19.0. The van der Waals surface area contributed by atoms with E-state index >= 15 is 0 Å². The molecule has 7 nitrogen and oxygen atoms in total. The average molecular weight is 451 g/mol. The molecule has 2 amide bonds. The van der Waals surface area contributed by atoms with Crippen LogP contribution >= 0.6 is 0 Å². The maximum atomic E-state index is 12.7. The van der Waals surface area contributed by atoms with Crippen LogP contribution in [0.2, 0.25) is 0 Å². The molecular formula is C26H30N2O5. The molecule has 4 rings (SSSR count). The van der Waals surface area contributed by atoms with E-state index in [0.717, 1.165) is 28.7 Å². The number of hydrogen-bond donors (Lipinski definition) is 3. The minimum absolute atomic E-state index is 0.0326. The van der Waals surface area contributed by atoms with Crippen molar-refractivity contribution in [1.29, 1.82) is 0 Å². The van der Waals surface area contributed by atoms with Crippen LogP contribution in [-0.4, -0.2) is 42.3 Å². The van der Waals surface area contributed by atoms with Crippen molar-refractivity contribution in [2.24, 2.45) is 11.3 Å². The normalized spacial score (nSPS) is 19.5. The van der Waals surface area contributed by atoms with Crippen molar-refractivity contribution in [3.63, 3.8) is 0 Å². The summed E-state index contributed by atoms with van der Waals surface area (Å²) in [6, 6.07) is 15.9. The van der Waals surface area contributed by atoms with Gasteiger partial charge in [0, 0.05) is 18.5 Å². The number of rotatable bonds is 7. The van der Waals surface area contributed by atoms with Crippen LogP contribution in [0, 0.1) is 11.3 Å². The predicted octanol–water partition coefficient (Wildman–Crippen LogP) is 3.92. The van der Waals surface area contributed by atoms with Crippen LogP contribution in [0.15, 0.2) is 48.5 Å². The van der Waals surface area contributed by atoms with E-state index in [0.29, 0.717) is 12.8 Å². The first-order valence-corrected chi connectivity index (χ1v) is 11.4. The van der Waals surface area contributed by atoms with Gasteiger partial charge in [-0.2, -0.15) is 0 Å². The molecule has 1 fully saturated rings. The number of carbonyl (C=O) groups excluding carboxylic acids is 2. The number of nitrogens with one attached hydrogen (secondary N) is 2. The molecular weight excluding hydrogens is 420 g/mol. The first-order chi connectivity index (χ1) is 15.8. The molecule has 0 unspecified atom stereocenters. The quantitative estimate of drug-likeness (QED) is 0.593. The number of aliphatic carboxylic acids is 1. The second-order valence-electron chi connectivity index (χ2n) is 9.52. The largest absolute Gasteiger partial charge is 0.481 e. The van der Waals surface area contributed by atoms with Crippen molar-refractivity contribution >= 4 is 18.0 Å². The first-order valence-electron chi connectivity index (χ1n) is 11.4. The summed E-state index contributed by atoms with van der Waals surface area (Å²) >= 11 is 0. The Balaban J connectivity index is 1.31. The zero-order valence-electron chi connectivity index (χ0n) is 19.0. The highest BCUT2D eigenvalue weighted by Crippen LogP contribution is 2.44. The fourth-order valence-corrected chi connectivity index (χ4v) is 4.82. The smallest absolute Gasteiger partial charge is 0.407 e. The summed E-state index contributed by atoms with van der Waals surface area (Å²) in [6.45, 7) is 3.72. The van der Waals surface area contributed by atoms with Gasteiger partial charge >= 0.3 is 12.1 Å². The molecule has 2 aromatic carbocycles. The van der Waals surface area contributed by atoms with E-state index in [4.69, 9.17) is 4.74 Å². The summed E-state index contributed by atoms with van der Waals surface area (Å²) in [6.07, 6.45) is 1.42. The van der Waals surface area contributed by atoms with Crippen LogP contribution < -0.4 is 10.6 Å². The Labute approximate surface area is 193 Å². The van der Waals surface area contributed by atoms with Crippen LogP contribution in [-0.2, 0) is 14.3 Å².